The van der Waals surface area contributed by atoms with Crippen LogP contribution < -0.4 is 0 Å². The molecule has 2 aliphatic rings. The summed E-state index contributed by atoms with van der Waals surface area (Å²) in [4.78, 5) is 11.7. The lowest BCUT2D eigenvalue weighted by Gasteiger charge is -2.34. The Hall–Kier alpha value is -4.32. The first-order valence-corrected chi connectivity index (χ1v) is 46.6. The van der Waals surface area contributed by atoms with Crippen LogP contribution in [0.3, 0.4) is 0 Å². The van der Waals surface area contributed by atoms with Gasteiger partial charge >= 0.3 is 0 Å². The molecule has 0 amide bonds. The number of benzene rings is 4. The van der Waals surface area contributed by atoms with Crippen LogP contribution in [0, 0.1) is 0 Å². The quantitative estimate of drug-likeness (QED) is 0.0333. The van der Waals surface area contributed by atoms with Crippen molar-refractivity contribution in [2.24, 2.45) is 0 Å². The second-order valence-corrected chi connectivity index (χ2v) is 36.5. The molecule has 4 heterocycles. The molecule has 0 unspecified atom stereocenters. The molecule has 102 heavy (non-hydrogen) atoms. The van der Waals surface area contributed by atoms with Crippen LogP contribution in [0.5, 0.6) is 0 Å². The Balaban J connectivity index is 0.951. The summed E-state index contributed by atoms with van der Waals surface area (Å²) in [6.07, 6.45) is 67.2. The van der Waals surface area contributed by atoms with Crippen molar-refractivity contribution in [3.63, 3.8) is 0 Å². The third-order valence-electron chi connectivity index (χ3n) is 24.0. The van der Waals surface area contributed by atoms with Crippen molar-refractivity contribution >= 4 is 45.3 Å². The van der Waals surface area contributed by atoms with Crippen LogP contribution in [-0.2, 0) is 23.7 Å². The molecule has 4 aromatic carbocycles. The van der Waals surface area contributed by atoms with Crippen molar-refractivity contribution in [3.8, 4) is 73.8 Å². The van der Waals surface area contributed by atoms with Crippen LogP contribution in [0.25, 0.3) is 73.8 Å². The molecule has 2 aliphatic carbocycles. The lowest BCUT2D eigenvalue weighted by molar-refractivity contribution is 0.397. The van der Waals surface area contributed by atoms with Gasteiger partial charge in [0.2, 0.25) is 0 Å². The first-order chi connectivity index (χ1) is 50.4. The number of unbranched alkanes of at least 4 members (excludes halogenated alkanes) is 38. The molecule has 0 saturated heterocycles. The lowest BCUT2D eigenvalue weighted by Crippen LogP contribution is -2.26. The van der Waals surface area contributed by atoms with Crippen molar-refractivity contribution in [2.75, 3.05) is 0 Å². The van der Waals surface area contributed by atoms with E-state index >= 15 is 0 Å². The summed E-state index contributed by atoms with van der Waals surface area (Å²) < 4.78 is 0. The fraction of sp³-hybridized carbons (Fsp3) is 0.592. The van der Waals surface area contributed by atoms with Gasteiger partial charge in [0.1, 0.15) is 0 Å². The Bertz CT molecular complexity index is 3370. The Kier molecular flexibility index (Phi) is 34.7. The molecule has 0 nitrogen and oxygen atoms in total. The van der Waals surface area contributed by atoms with Crippen LogP contribution >= 0.6 is 45.3 Å². The van der Waals surface area contributed by atoms with Crippen LogP contribution in [0.4, 0.5) is 0 Å². The maximum atomic E-state index is 2.77. The van der Waals surface area contributed by atoms with Gasteiger partial charge in [-0.1, -0.05) is 360 Å². The molecule has 0 spiro atoms. The summed E-state index contributed by atoms with van der Waals surface area (Å²) in [5.41, 5.74) is 18.1. The van der Waals surface area contributed by atoms with E-state index in [9.17, 15) is 0 Å². The fourth-order valence-electron chi connectivity index (χ4n) is 17.9. The van der Waals surface area contributed by atoms with Crippen LogP contribution in [-0.4, -0.2) is 0 Å². The standard InChI is InChI=1S/C98H138S4/c1-7-13-19-25-31-33-35-37-39-45-51-81-57-63-93(99-81)95-67-65-91(101-95)79-55-61-85-83-59-53-77(73-87(83)97(89(85)75-79,69-47-41-27-21-15-9-3)70-48-42-28-22-16-10-4)78-54-60-84-86-62-56-80(76-90(86)98(88(84)74-78,71-49-43-29-23-17-11-5)72-50-44-30-24-18-12-6)92-66-68-96(102-92)94-64-58-82(100-94)52-46-40-38-36-34-32-26-20-14-8-2/h53-68,73-76H,7-52,69-72H2,1-6H3. The summed E-state index contributed by atoms with van der Waals surface area (Å²) in [6.45, 7) is 14.1. The van der Waals surface area contributed by atoms with Gasteiger partial charge in [-0.25, -0.2) is 0 Å². The van der Waals surface area contributed by atoms with Gasteiger partial charge in [-0.05, 0) is 191 Å². The van der Waals surface area contributed by atoms with Gasteiger partial charge in [0.25, 0.3) is 0 Å². The summed E-state index contributed by atoms with van der Waals surface area (Å²) in [7, 11) is 0. The van der Waals surface area contributed by atoms with Crippen molar-refractivity contribution in [2.45, 2.75) is 373 Å². The molecule has 0 N–H and O–H groups in total. The largest absolute Gasteiger partial charge is 0.139 e. The Morgan fingerprint density at radius 2 is 0.412 bits per heavy atom. The molecule has 10 rings (SSSR count). The maximum Gasteiger partial charge on any atom is 0.0449 e. The minimum atomic E-state index is -0.0217. The van der Waals surface area contributed by atoms with Gasteiger partial charge in [0.15, 0.2) is 0 Å². The molecule has 4 aromatic heterocycles. The first kappa shape index (κ1) is 80.2. The summed E-state index contributed by atoms with van der Waals surface area (Å²) >= 11 is 8.14. The average Bonchev–Trinajstić information content (AvgIpc) is 1.56. The average molecular weight is 1440 g/mol. The van der Waals surface area contributed by atoms with E-state index in [2.05, 4.69) is 163 Å². The van der Waals surface area contributed by atoms with E-state index < -0.39 is 0 Å². The van der Waals surface area contributed by atoms with Crippen molar-refractivity contribution in [1.29, 1.82) is 0 Å². The van der Waals surface area contributed by atoms with E-state index in [4.69, 9.17) is 0 Å². The number of hydrogen-bond donors (Lipinski definition) is 0. The summed E-state index contributed by atoms with van der Waals surface area (Å²) in [5.74, 6) is 0. The second kappa shape index (κ2) is 44.1. The highest BCUT2D eigenvalue weighted by Gasteiger charge is 2.45. The van der Waals surface area contributed by atoms with Gasteiger partial charge in [-0.3, -0.25) is 0 Å². The molecule has 0 aliphatic heterocycles. The summed E-state index contributed by atoms with van der Waals surface area (Å²) in [5, 5.41) is 0. The monoisotopic (exact) mass is 1440 g/mol. The molecule has 8 aromatic rings. The van der Waals surface area contributed by atoms with E-state index in [0.29, 0.717) is 0 Å². The smallest absolute Gasteiger partial charge is 0.0449 e. The predicted octanol–water partition coefficient (Wildman–Crippen LogP) is 34.7. The van der Waals surface area contributed by atoms with E-state index in [-0.39, 0.29) is 10.8 Å². The number of rotatable bonds is 55. The number of aryl methyl sites for hydroxylation is 2. The zero-order chi connectivity index (χ0) is 70.9. The first-order valence-electron chi connectivity index (χ1n) is 43.3. The summed E-state index contributed by atoms with van der Waals surface area (Å²) in [6, 6.07) is 50.9. The number of thiophene rings is 4. The number of fused-ring (bicyclic) bond motifs is 6. The van der Waals surface area contributed by atoms with Crippen molar-refractivity contribution in [1.82, 2.24) is 0 Å². The lowest BCUT2D eigenvalue weighted by atomic mass is 9.69. The van der Waals surface area contributed by atoms with Crippen LogP contribution in [0.15, 0.2) is 121 Å². The van der Waals surface area contributed by atoms with Gasteiger partial charge < -0.3 is 0 Å². The molecule has 0 saturated carbocycles. The predicted molar refractivity (Wildman–Crippen MR) is 461 cm³/mol. The molecule has 0 bridgehead atoms. The molecule has 0 radical (unpaired) electrons. The van der Waals surface area contributed by atoms with Gasteiger partial charge in [-0.15, -0.1) is 45.3 Å². The van der Waals surface area contributed by atoms with E-state index in [1.54, 1.807) is 32.0 Å². The van der Waals surface area contributed by atoms with Gasteiger partial charge in [0.05, 0.1) is 0 Å². The SMILES string of the molecule is CCCCCCCCCCCCc1ccc(-c2ccc(-c3ccc4c(c3)C(CCCCCCCC)(CCCCCCCC)c3cc(-c5ccc6c(c5)C(CCCCCCCC)(CCCCCCCC)c5cc(-c7ccc(-c8ccc(CCCCCCCCCCCC)s8)s7)ccc5-6)ccc3-4)s2)s1. The van der Waals surface area contributed by atoms with E-state index in [0.717, 1.165) is 0 Å². The highest BCUT2D eigenvalue weighted by Crippen LogP contribution is 2.59. The number of hydrogen-bond acceptors (Lipinski definition) is 4. The minimum Gasteiger partial charge on any atom is -0.139 e. The van der Waals surface area contributed by atoms with Crippen molar-refractivity contribution < 1.29 is 0 Å². The van der Waals surface area contributed by atoms with Crippen LogP contribution in [0.2, 0.25) is 0 Å². The molecular weight excluding hydrogens is 1310 g/mol. The Labute approximate surface area is 641 Å². The van der Waals surface area contributed by atoms with E-state index in [1.807, 2.05) is 45.3 Å². The topological polar surface area (TPSA) is 0 Å². The van der Waals surface area contributed by atoms with Crippen LogP contribution in [0.1, 0.15) is 382 Å². The zero-order valence-electron chi connectivity index (χ0n) is 65.5. The third-order valence-corrected chi connectivity index (χ3v) is 29.0. The van der Waals surface area contributed by atoms with Gasteiger partial charge in [0, 0.05) is 49.8 Å². The second-order valence-electron chi connectivity index (χ2n) is 32.0. The fourth-order valence-corrected chi connectivity index (χ4v) is 22.2. The molecule has 4 heteroatoms. The third kappa shape index (κ3) is 22.4. The highest BCUT2D eigenvalue weighted by molar-refractivity contribution is 7.24. The molecule has 0 fully saturated rings. The molecular formula is C98H138S4. The Morgan fingerprint density at radius 1 is 0.196 bits per heavy atom. The zero-order valence-corrected chi connectivity index (χ0v) is 68.8. The molecule has 554 valence electrons. The van der Waals surface area contributed by atoms with E-state index in [1.165, 1.54) is 395 Å². The minimum absolute atomic E-state index is 0.0217. The molecule has 0 atom stereocenters. The maximum absolute atomic E-state index is 2.77. The normalized spacial score (nSPS) is 13.4. The van der Waals surface area contributed by atoms with Crippen molar-refractivity contribution in [3.05, 3.63) is 153 Å². The highest BCUT2D eigenvalue weighted by atomic mass is 32.1. The van der Waals surface area contributed by atoms with Gasteiger partial charge in [-0.2, -0.15) is 0 Å². The Morgan fingerprint density at radius 3 is 0.696 bits per heavy atom.